The number of carbonyl (C=O) groups excluding carboxylic acids is 1. The second-order valence-electron chi connectivity index (χ2n) is 5.11. The van der Waals surface area contributed by atoms with Crippen LogP contribution in [0.2, 0.25) is 5.15 Å². The van der Waals surface area contributed by atoms with Crippen molar-refractivity contribution >= 4 is 39.0 Å². The van der Waals surface area contributed by atoms with Crippen LogP contribution >= 0.6 is 11.6 Å². The molecule has 0 spiro atoms. The molecule has 28 heavy (non-hydrogen) atoms. The number of alkyl halides is 6. The summed E-state index contributed by atoms with van der Waals surface area (Å²) in [4.78, 5) is 15.6. The van der Waals surface area contributed by atoms with E-state index in [0.29, 0.717) is 12.1 Å². The summed E-state index contributed by atoms with van der Waals surface area (Å²) in [5, 5.41) is 1.70. The number of anilines is 2. The molecule has 2 N–H and O–H groups in total. The smallest absolute Gasteiger partial charge is 0.322 e. The Morgan fingerprint density at radius 3 is 2.04 bits per heavy atom. The van der Waals surface area contributed by atoms with Gasteiger partial charge >= 0.3 is 21.7 Å². The molecule has 2 rings (SSSR count). The van der Waals surface area contributed by atoms with E-state index in [2.05, 4.69) is 10.3 Å². The lowest BCUT2D eigenvalue weighted by molar-refractivity contribution is -0.137. The van der Waals surface area contributed by atoms with Crippen molar-refractivity contribution in [2.45, 2.75) is 11.7 Å². The number of hydrogen-bond donors (Lipinski definition) is 2. The Kier molecular flexibility index (Phi) is 5.80. The molecule has 14 heteroatoms. The molecule has 2 aromatic rings. The molecule has 1 aromatic heterocycles. The van der Waals surface area contributed by atoms with Gasteiger partial charge < -0.3 is 5.32 Å². The minimum Gasteiger partial charge on any atom is -0.322 e. The lowest BCUT2D eigenvalue weighted by atomic mass is 10.2. The molecule has 152 valence electrons. The first-order chi connectivity index (χ1) is 12.7. The number of rotatable bonds is 4. The maximum absolute atomic E-state index is 12.5. The van der Waals surface area contributed by atoms with Crippen molar-refractivity contribution in [2.24, 2.45) is 0 Å². The molecule has 0 saturated heterocycles. The number of amides is 1. The fraction of sp³-hybridized carbons (Fsp3) is 0.143. The summed E-state index contributed by atoms with van der Waals surface area (Å²) in [5.74, 6) is -2.14. The van der Waals surface area contributed by atoms with Gasteiger partial charge in [0.25, 0.3) is 5.91 Å². The summed E-state index contributed by atoms with van der Waals surface area (Å²) in [7, 11) is -5.89. The van der Waals surface area contributed by atoms with E-state index in [1.165, 1.54) is 0 Å². The molecule has 1 aromatic carbocycles. The van der Waals surface area contributed by atoms with Crippen LogP contribution in [0.3, 0.4) is 0 Å². The lowest BCUT2D eigenvalue weighted by Crippen LogP contribution is -2.31. The summed E-state index contributed by atoms with van der Waals surface area (Å²) >= 11 is 5.52. The van der Waals surface area contributed by atoms with E-state index in [1.807, 2.05) is 0 Å². The summed E-state index contributed by atoms with van der Waals surface area (Å²) in [6.07, 6.45) is -4.61. The molecule has 6 nitrogen and oxygen atoms in total. The number of hydrogen-bond acceptors (Lipinski definition) is 4. The summed E-state index contributed by atoms with van der Waals surface area (Å²) in [5.41, 5.74) is -7.44. The number of benzene rings is 1. The summed E-state index contributed by atoms with van der Waals surface area (Å²) in [6, 6.07) is 5.05. The van der Waals surface area contributed by atoms with Crippen molar-refractivity contribution in [1.29, 1.82) is 0 Å². The molecule has 1 heterocycles. The number of halogens is 7. The monoisotopic (exact) mass is 447 g/mol. The SMILES string of the molecule is O=C(Nc1ccc(C(F)(F)F)cc1)c1ccc(Cl)nc1NS(=O)(=O)C(F)(F)F. The van der Waals surface area contributed by atoms with Crippen LogP contribution < -0.4 is 10.0 Å². The van der Waals surface area contributed by atoms with Gasteiger partial charge in [0.2, 0.25) is 0 Å². The highest BCUT2D eigenvalue weighted by Crippen LogP contribution is 2.30. The van der Waals surface area contributed by atoms with Crippen molar-refractivity contribution in [3.63, 3.8) is 0 Å². The van der Waals surface area contributed by atoms with Gasteiger partial charge in [0, 0.05) is 5.69 Å². The fourth-order valence-corrected chi connectivity index (χ4v) is 2.50. The Morgan fingerprint density at radius 1 is 0.964 bits per heavy atom. The first-order valence-corrected chi connectivity index (χ1v) is 8.81. The van der Waals surface area contributed by atoms with Crippen molar-refractivity contribution in [1.82, 2.24) is 4.98 Å². The molecule has 0 aliphatic rings. The Morgan fingerprint density at radius 2 is 1.54 bits per heavy atom. The average Bonchev–Trinajstić information content (AvgIpc) is 2.53. The van der Waals surface area contributed by atoms with Gasteiger partial charge in [-0.2, -0.15) is 34.8 Å². The van der Waals surface area contributed by atoms with Crippen LogP contribution in [0.25, 0.3) is 0 Å². The molecule has 0 unspecified atom stereocenters. The molecule has 0 atom stereocenters. The molecule has 0 bridgehead atoms. The topological polar surface area (TPSA) is 88.2 Å². The number of sulfonamides is 1. The summed E-state index contributed by atoms with van der Waals surface area (Å²) < 4.78 is 98.8. The standard InChI is InChI=1S/C14H8ClF6N3O3S/c15-10-6-5-9(11(23-10)24-28(26,27)14(19,20)21)12(25)22-8-3-1-7(2-4-8)13(16,17)18/h1-6H,(H,22,25)(H,23,24). The summed E-state index contributed by atoms with van der Waals surface area (Å²) in [6.45, 7) is 0. The Balaban J connectivity index is 2.31. The molecule has 0 saturated carbocycles. The molecule has 0 fully saturated rings. The van der Waals surface area contributed by atoms with Gasteiger partial charge in [0.05, 0.1) is 11.1 Å². The zero-order valence-corrected chi connectivity index (χ0v) is 14.8. The van der Waals surface area contributed by atoms with Crippen molar-refractivity contribution in [3.8, 4) is 0 Å². The first-order valence-electron chi connectivity index (χ1n) is 6.95. The van der Waals surface area contributed by atoms with Crippen LogP contribution in [0.15, 0.2) is 36.4 Å². The maximum atomic E-state index is 12.5. The number of carbonyl (C=O) groups is 1. The van der Waals surface area contributed by atoms with Crippen LogP contribution in [0.5, 0.6) is 0 Å². The maximum Gasteiger partial charge on any atom is 0.516 e. The normalized spacial score (nSPS) is 12.5. The number of nitrogens with zero attached hydrogens (tertiary/aromatic N) is 1. The van der Waals surface area contributed by atoms with Crippen molar-refractivity contribution in [3.05, 3.63) is 52.7 Å². The van der Waals surface area contributed by atoms with Crippen LogP contribution in [0, 0.1) is 0 Å². The molecular formula is C14H8ClF6N3O3S. The highest BCUT2D eigenvalue weighted by atomic mass is 35.5. The quantitative estimate of drug-likeness (QED) is 0.541. The van der Waals surface area contributed by atoms with Crippen molar-refractivity contribution in [2.75, 3.05) is 10.0 Å². The van der Waals surface area contributed by atoms with Crippen LogP contribution in [0.4, 0.5) is 37.8 Å². The predicted octanol–water partition coefficient (Wildman–Crippen LogP) is 4.27. The molecule has 0 aliphatic carbocycles. The van der Waals surface area contributed by atoms with E-state index in [-0.39, 0.29) is 5.69 Å². The largest absolute Gasteiger partial charge is 0.516 e. The second-order valence-corrected chi connectivity index (χ2v) is 7.17. The Hall–Kier alpha value is -2.54. The zero-order chi connectivity index (χ0) is 21.3. The fourth-order valence-electron chi connectivity index (χ4n) is 1.82. The first kappa shape index (κ1) is 21.8. The van der Waals surface area contributed by atoms with Gasteiger partial charge in [-0.25, -0.2) is 4.98 Å². The average molecular weight is 448 g/mol. The predicted molar refractivity (Wildman–Crippen MR) is 87.2 cm³/mol. The van der Waals surface area contributed by atoms with Gasteiger partial charge in [-0.15, -0.1) is 0 Å². The Labute approximate surface area is 158 Å². The number of pyridine rings is 1. The minimum atomic E-state index is -5.89. The molecule has 0 radical (unpaired) electrons. The molecule has 0 aliphatic heterocycles. The minimum absolute atomic E-state index is 0.127. The van der Waals surface area contributed by atoms with Gasteiger partial charge in [0.15, 0.2) is 5.82 Å². The number of aromatic nitrogens is 1. The zero-order valence-electron chi connectivity index (χ0n) is 13.2. The van der Waals surface area contributed by atoms with E-state index in [1.54, 1.807) is 0 Å². The highest BCUT2D eigenvalue weighted by Gasteiger charge is 2.46. The highest BCUT2D eigenvalue weighted by molar-refractivity contribution is 7.93. The van der Waals surface area contributed by atoms with Crippen LogP contribution in [-0.2, 0) is 16.2 Å². The third-order valence-electron chi connectivity index (χ3n) is 3.11. The third kappa shape index (κ3) is 5.04. The van der Waals surface area contributed by atoms with E-state index in [0.717, 1.165) is 29.0 Å². The van der Waals surface area contributed by atoms with Gasteiger partial charge in [-0.1, -0.05) is 11.6 Å². The van der Waals surface area contributed by atoms with Crippen LogP contribution in [0.1, 0.15) is 15.9 Å². The van der Waals surface area contributed by atoms with E-state index in [4.69, 9.17) is 11.6 Å². The van der Waals surface area contributed by atoms with Crippen molar-refractivity contribution < 1.29 is 39.6 Å². The van der Waals surface area contributed by atoms with E-state index < -0.39 is 49.7 Å². The van der Waals surface area contributed by atoms with Crippen LogP contribution in [-0.4, -0.2) is 24.8 Å². The van der Waals surface area contributed by atoms with E-state index in [9.17, 15) is 39.6 Å². The third-order valence-corrected chi connectivity index (χ3v) is 4.39. The second kappa shape index (κ2) is 7.47. The van der Waals surface area contributed by atoms with Gasteiger partial charge in [0.1, 0.15) is 5.15 Å². The number of nitrogens with one attached hydrogen (secondary N) is 2. The lowest BCUT2D eigenvalue weighted by Gasteiger charge is -2.14. The molecule has 1 amide bonds. The van der Waals surface area contributed by atoms with Gasteiger partial charge in [-0.3, -0.25) is 9.52 Å². The Bertz CT molecular complexity index is 991. The van der Waals surface area contributed by atoms with E-state index >= 15 is 0 Å². The molecular weight excluding hydrogens is 440 g/mol. The van der Waals surface area contributed by atoms with Gasteiger partial charge in [-0.05, 0) is 36.4 Å².